The Hall–Kier alpha value is -1.93. The molecule has 1 heterocycles. The van der Waals surface area contributed by atoms with E-state index in [1.807, 2.05) is 12.1 Å². The number of carbonyl (C=O) groups excluding carboxylic acids is 1. The minimum Gasteiger partial charge on any atom is -0.354 e. The number of amides is 1. The Labute approximate surface area is 151 Å². The summed E-state index contributed by atoms with van der Waals surface area (Å²) >= 11 is 7.27. The van der Waals surface area contributed by atoms with E-state index in [1.165, 1.54) is 11.8 Å². The summed E-state index contributed by atoms with van der Waals surface area (Å²) < 4.78 is 38.8. The molecular weight excluding hydrogens is 377 g/mol. The van der Waals surface area contributed by atoms with Crippen LogP contribution in [-0.4, -0.2) is 22.8 Å². The second-order valence-corrected chi connectivity index (χ2v) is 6.61. The quantitative estimate of drug-likeness (QED) is 0.607. The van der Waals surface area contributed by atoms with Crippen molar-refractivity contribution in [1.29, 1.82) is 0 Å². The number of rotatable bonds is 6. The lowest BCUT2D eigenvalue weighted by Gasteiger charge is -2.10. The Morgan fingerprint density at radius 1 is 1.20 bits per heavy atom. The molecule has 0 bridgehead atoms. The number of nitrogens with one attached hydrogen (secondary N) is 1. The molecule has 0 radical (unpaired) electrons. The number of alkyl halides is 3. The van der Waals surface area contributed by atoms with Gasteiger partial charge < -0.3 is 9.88 Å². The van der Waals surface area contributed by atoms with Gasteiger partial charge in [0.25, 0.3) is 5.56 Å². The second kappa shape index (κ2) is 8.44. The van der Waals surface area contributed by atoms with Crippen molar-refractivity contribution in [3.8, 4) is 0 Å². The molecule has 2 aromatic rings. The van der Waals surface area contributed by atoms with Gasteiger partial charge in [0.1, 0.15) is 12.1 Å². The molecule has 0 unspecified atom stereocenters. The normalized spacial score (nSPS) is 11.4. The molecule has 0 aliphatic rings. The molecule has 1 N–H and O–H groups in total. The van der Waals surface area contributed by atoms with Crippen molar-refractivity contribution < 1.29 is 18.0 Å². The summed E-state index contributed by atoms with van der Waals surface area (Å²) in [5, 5.41) is 3.20. The summed E-state index contributed by atoms with van der Waals surface area (Å²) in [7, 11) is 0. The molecule has 25 heavy (non-hydrogen) atoms. The molecule has 0 saturated heterocycles. The Kier molecular flexibility index (Phi) is 6.55. The highest BCUT2D eigenvalue weighted by atomic mass is 35.5. The lowest BCUT2D eigenvalue weighted by atomic mass is 10.2. The Bertz CT molecular complexity index is 791. The van der Waals surface area contributed by atoms with E-state index in [0.29, 0.717) is 23.4 Å². The zero-order chi connectivity index (χ0) is 18.4. The van der Waals surface area contributed by atoms with E-state index in [0.717, 1.165) is 21.7 Å². The average molecular weight is 391 g/mol. The molecule has 0 aliphatic heterocycles. The summed E-state index contributed by atoms with van der Waals surface area (Å²) in [6.45, 7) is -0.145. The highest BCUT2D eigenvalue weighted by molar-refractivity contribution is 7.99. The maximum Gasteiger partial charge on any atom is 0.421 e. The zero-order valence-electron chi connectivity index (χ0n) is 12.8. The first kappa shape index (κ1) is 19.4. The number of aromatic nitrogens is 1. The summed E-state index contributed by atoms with van der Waals surface area (Å²) in [6, 6.07) is 8.98. The monoisotopic (exact) mass is 390 g/mol. The number of benzene rings is 1. The molecule has 134 valence electrons. The minimum atomic E-state index is -4.74. The van der Waals surface area contributed by atoms with Crippen molar-refractivity contribution >= 4 is 29.3 Å². The maximum absolute atomic E-state index is 12.7. The predicted molar refractivity (Wildman–Crippen MR) is 90.9 cm³/mol. The van der Waals surface area contributed by atoms with Crippen molar-refractivity contribution in [3.05, 3.63) is 63.5 Å². The van der Waals surface area contributed by atoms with Crippen LogP contribution >= 0.6 is 23.4 Å². The Morgan fingerprint density at radius 2 is 1.88 bits per heavy atom. The standard InChI is InChI=1S/C16H14ClF3N2O2S/c17-11-3-5-12(6-4-11)25-9-7-21-14(23)10-22-8-1-2-13(15(22)24)16(18,19)20/h1-6,8H,7,9-10H2,(H,21,23). The van der Waals surface area contributed by atoms with Gasteiger partial charge in [-0.3, -0.25) is 9.59 Å². The molecule has 0 spiro atoms. The summed E-state index contributed by atoms with van der Waals surface area (Å²) in [4.78, 5) is 24.5. The van der Waals surface area contributed by atoms with Gasteiger partial charge in [0.2, 0.25) is 5.91 Å². The number of pyridine rings is 1. The van der Waals surface area contributed by atoms with Crippen LogP contribution in [0.25, 0.3) is 0 Å². The van der Waals surface area contributed by atoms with Crippen molar-refractivity contribution in [2.75, 3.05) is 12.3 Å². The van der Waals surface area contributed by atoms with Gasteiger partial charge in [-0.1, -0.05) is 11.6 Å². The highest BCUT2D eigenvalue weighted by Crippen LogP contribution is 2.26. The number of hydrogen-bond donors (Lipinski definition) is 1. The van der Waals surface area contributed by atoms with Crippen LogP contribution in [-0.2, 0) is 17.5 Å². The van der Waals surface area contributed by atoms with E-state index in [2.05, 4.69) is 5.32 Å². The first-order chi connectivity index (χ1) is 11.8. The molecule has 2 rings (SSSR count). The number of hydrogen-bond acceptors (Lipinski definition) is 3. The molecule has 0 aliphatic carbocycles. The van der Waals surface area contributed by atoms with Crippen LogP contribution < -0.4 is 10.9 Å². The fourth-order valence-corrected chi connectivity index (χ4v) is 2.87. The van der Waals surface area contributed by atoms with E-state index in [-0.39, 0.29) is 0 Å². The van der Waals surface area contributed by atoms with Gasteiger partial charge >= 0.3 is 6.18 Å². The average Bonchev–Trinajstić information content (AvgIpc) is 2.54. The van der Waals surface area contributed by atoms with E-state index >= 15 is 0 Å². The van der Waals surface area contributed by atoms with Crippen LogP contribution in [0.15, 0.2) is 52.3 Å². The van der Waals surface area contributed by atoms with Gasteiger partial charge in [-0.25, -0.2) is 0 Å². The molecule has 0 atom stereocenters. The van der Waals surface area contributed by atoms with Crippen LogP contribution in [0.3, 0.4) is 0 Å². The van der Waals surface area contributed by atoms with Crippen LogP contribution in [0.2, 0.25) is 5.02 Å². The number of halogens is 4. The van der Waals surface area contributed by atoms with Crippen LogP contribution in [0, 0.1) is 0 Å². The van der Waals surface area contributed by atoms with Gasteiger partial charge in [0, 0.05) is 28.4 Å². The van der Waals surface area contributed by atoms with Crippen LogP contribution in [0.5, 0.6) is 0 Å². The predicted octanol–water partition coefficient (Wildman–Crippen LogP) is 3.43. The SMILES string of the molecule is O=C(Cn1cccc(C(F)(F)F)c1=O)NCCSc1ccc(Cl)cc1. The highest BCUT2D eigenvalue weighted by Gasteiger charge is 2.34. The van der Waals surface area contributed by atoms with E-state index in [4.69, 9.17) is 11.6 Å². The van der Waals surface area contributed by atoms with Gasteiger partial charge in [-0.05, 0) is 36.4 Å². The minimum absolute atomic E-state index is 0.319. The van der Waals surface area contributed by atoms with Crippen molar-refractivity contribution in [1.82, 2.24) is 9.88 Å². The van der Waals surface area contributed by atoms with Crippen molar-refractivity contribution in [2.24, 2.45) is 0 Å². The Morgan fingerprint density at radius 3 is 2.52 bits per heavy atom. The van der Waals surface area contributed by atoms with Gasteiger partial charge in [-0.2, -0.15) is 13.2 Å². The molecular formula is C16H14ClF3N2O2S. The van der Waals surface area contributed by atoms with E-state index < -0.39 is 29.8 Å². The third-order valence-electron chi connectivity index (χ3n) is 3.15. The number of carbonyl (C=O) groups is 1. The molecule has 1 amide bonds. The third-order valence-corrected chi connectivity index (χ3v) is 4.41. The molecule has 0 saturated carbocycles. The maximum atomic E-state index is 12.7. The lowest BCUT2D eigenvalue weighted by Crippen LogP contribution is -2.35. The fourth-order valence-electron chi connectivity index (χ4n) is 1.98. The topological polar surface area (TPSA) is 51.1 Å². The summed E-state index contributed by atoms with van der Waals surface area (Å²) in [6.07, 6.45) is -3.59. The lowest BCUT2D eigenvalue weighted by molar-refractivity contribution is -0.139. The molecule has 1 aromatic heterocycles. The Balaban J connectivity index is 1.84. The van der Waals surface area contributed by atoms with Crippen molar-refractivity contribution in [2.45, 2.75) is 17.6 Å². The van der Waals surface area contributed by atoms with Crippen LogP contribution in [0.4, 0.5) is 13.2 Å². The fraction of sp³-hybridized carbons (Fsp3) is 0.250. The largest absolute Gasteiger partial charge is 0.421 e. The molecule has 4 nitrogen and oxygen atoms in total. The second-order valence-electron chi connectivity index (χ2n) is 5.01. The first-order valence-corrected chi connectivity index (χ1v) is 8.55. The summed E-state index contributed by atoms with van der Waals surface area (Å²) in [5.41, 5.74) is -2.53. The third kappa shape index (κ3) is 5.82. The smallest absolute Gasteiger partial charge is 0.354 e. The van der Waals surface area contributed by atoms with Crippen molar-refractivity contribution in [3.63, 3.8) is 0 Å². The zero-order valence-corrected chi connectivity index (χ0v) is 14.4. The van der Waals surface area contributed by atoms with Gasteiger partial charge in [-0.15, -0.1) is 11.8 Å². The summed E-state index contributed by atoms with van der Waals surface area (Å²) in [5.74, 6) is 0.0448. The molecule has 1 aromatic carbocycles. The van der Waals surface area contributed by atoms with E-state index in [1.54, 1.807) is 12.1 Å². The first-order valence-electron chi connectivity index (χ1n) is 7.19. The number of thioether (sulfide) groups is 1. The molecule has 9 heteroatoms. The molecule has 0 fully saturated rings. The van der Waals surface area contributed by atoms with E-state index in [9.17, 15) is 22.8 Å². The van der Waals surface area contributed by atoms with Gasteiger partial charge in [0.15, 0.2) is 0 Å². The number of nitrogens with zero attached hydrogens (tertiary/aromatic N) is 1. The van der Waals surface area contributed by atoms with Gasteiger partial charge in [0.05, 0.1) is 0 Å². The van der Waals surface area contributed by atoms with Crippen LogP contribution in [0.1, 0.15) is 5.56 Å².